The minimum absolute atomic E-state index is 0.244. The molecule has 0 spiro atoms. The molecule has 0 fully saturated rings. The van der Waals surface area contributed by atoms with Gasteiger partial charge in [-0.15, -0.1) is 0 Å². The van der Waals surface area contributed by atoms with Crippen LogP contribution >= 0.6 is 11.8 Å². The summed E-state index contributed by atoms with van der Waals surface area (Å²) in [6, 6.07) is 14.3. The molecular formula is C18H17FN2OS. The van der Waals surface area contributed by atoms with Crippen molar-refractivity contribution in [3.63, 3.8) is 0 Å². The van der Waals surface area contributed by atoms with Gasteiger partial charge in [0.05, 0.1) is 18.5 Å². The second kappa shape index (κ2) is 6.46. The third kappa shape index (κ3) is 2.97. The van der Waals surface area contributed by atoms with E-state index in [1.54, 1.807) is 31.0 Å². The standard InChI is InChI=1S/C18H17FN2OS/c1-21-17(13-4-8-14(19)9-5-13)16(20-18(21)23-3)12-6-10-15(22-2)11-7-12/h4-11H,1-3H3. The van der Waals surface area contributed by atoms with Gasteiger partial charge in [0.1, 0.15) is 11.6 Å². The first-order valence-corrected chi connectivity index (χ1v) is 8.37. The Labute approximate surface area is 139 Å². The van der Waals surface area contributed by atoms with Crippen LogP contribution in [-0.4, -0.2) is 22.9 Å². The van der Waals surface area contributed by atoms with Crippen molar-refractivity contribution in [3.05, 3.63) is 54.3 Å². The lowest BCUT2D eigenvalue weighted by atomic mass is 10.0. The number of nitrogens with zero attached hydrogens (tertiary/aromatic N) is 2. The molecule has 0 saturated heterocycles. The molecule has 0 aliphatic carbocycles. The quantitative estimate of drug-likeness (QED) is 0.654. The van der Waals surface area contributed by atoms with Crippen molar-refractivity contribution in [1.29, 1.82) is 0 Å². The monoisotopic (exact) mass is 328 g/mol. The van der Waals surface area contributed by atoms with E-state index in [-0.39, 0.29) is 5.82 Å². The van der Waals surface area contributed by atoms with Crippen LogP contribution in [0.25, 0.3) is 22.5 Å². The molecule has 0 radical (unpaired) electrons. The van der Waals surface area contributed by atoms with Crippen molar-refractivity contribution >= 4 is 11.8 Å². The smallest absolute Gasteiger partial charge is 0.168 e. The first kappa shape index (κ1) is 15.6. The molecule has 0 unspecified atom stereocenters. The molecule has 1 heterocycles. The van der Waals surface area contributed by atoms with Crippen LogP contribution in [0.4, 0.5) is 4.39 Å². The lowest BCUT2D eigenvalue weighted by Crippen LogP contribution is -1.94. The zero-order valence-corrected chi connectivity index (χ0v) is 14.0. The molecule has 0 aliphatic heterocycles. The number of rotatable bonds is 4. The normalized spacial score (nSPS) is 10.8. The number of hydrogen-bond acceptors (Lipinski definition) is 3. The molecule has 0 N–H and O–H groups in total. The van der Waals surface area contributed by atoms with Gasteiger partial charge in [-0.25, -0.2) is 9.37 Å². The van der Waals surface area contributed by atoms with Gasteiger partial charge in [-0.2, -0.15) is 0 Å². The summed E-state index contributed by atoms with van der Waals surface area (Å²) in [5, 5.41) is 0.912. The molecule has 3 nitrogen and oxygen atoms in total. The Morgan fingerprint density at radius 1 is 1.00 bits per heavy atom. The summed E-state index contributed by atoms with van der Waals surface area (Å²) in [5.41, 5.74) is 3.79. The maximum Gasteiger partial charge on any atom is 0.168 e. The maximum atomic E-state index is 13.2. The summed E-state index contributed by atoms with van der Waals surface area (Å²) in [6.07, 6.45) is 1.99. The number of methoxy groups -OCH3 is 1. The van der Waals surface area contributed by atoms with E-state index in [2.05, 4.69) is 0 Å². The fraction of sp³-hybridized carbons (Fsp3) is 0.167. The molecule has 1 aromatic heterocycles. The maximum absolute atomic E-state index is 13.2. The van der Waals surface area contributed by atoms with E-state index in [1.165, 1.54) is 12.1 Å². The van der Waals surface area contributed by atoms with Crippen LogP contribution < -0.4 is 4.74 Å². The lowest BCUT2D eigenvalue weighted by molar-refractivity contribution is 0.415. The Balaban J connectivity index is 2.17. The largest absolute Gasteiger partial charge is 0.497 e. The second-order valence-corrected chi connectivity index (χ2v) is 5.86. The molecule has 118 valence electrons. The highest BCUT2D eigenvalue weighted by Crippen LogP contribution is 2.35. The highest BCUT2D eigenvalue weighted by Gasteiger charge is 2.17. The van der Waals surface area contributed by atoms with Gasteiger partial charge in [0, 0.05) is 18.2 Å². The fourth-order valence-corrected chi connectivity index (χ4v) is 3.10. The van der Waals surface area contributed by atoms with Crippen molar-refractivity contribution < 1.29 is 9.13 Å². The summed E-state index contributed by atoms with van der Waals surface area (Å²) >= 11 is 1.58. The van der Waals surface area contributed by atoms with Gasteiger partial charge in [0.2, 0.25) is 0 Å². The van der Waals surface area contributed by atoms with Gasteiger partial charge in [-0.05, 0) is 54.8 Å². The van der Waals surface area contributed by atoms with Gasteiger partial charge < -0.3 is 9.30 Å². The molecule has 0 bridgehead atoms. The van der Waals surface area contributed by atoms with E-state index < -0.39 is 0 Å². The van der Waals surface area contributed by atoms with Crippen LogP contribution in [0.2, 0.25) is 0 Å². The second-order valence-electron chi connectivity index (χ2n) is 5.09. The van der Waals surface area contributed by atoms with Crippen molar-refractivity contribution in [3.8, 4) is 28.3 Å². The Hall–Kier alpha value is -2.27. The van der Waals surface area contributed by atoms with E-state index in [0.29, 0.717) is 0 Å². The molecule has 0 saturated carbocycles. The number of benzene rings is 2. The van der Waals surface area contributed by atoms with E-state index in [0.717, 1.165) is 33.4 Å². The Bertz CT molecular complexity index is 810. The predicted molar refractivity (Wildman–Crippen MR) is 92.4 cm³/mol. The Morgan fingerprint density at radius 3 is 2.17 bits per heavy atom. The summed E-state index contributed by atoms with van der Waals surface area (Å²) in [5.74, 6) is 0.560. The van der Waals surface area contributed by atoms with E-state index in [4.69, 9.17) is 9.72 Å². The van der Waals surface area contributed by atoms with Crippen molar-refractivity contribution in [2.24, 2.45) is 7.05 Å². The van der Waals surface area contributed by atoms with Crippen LogP contribution in [-0.2, 0) is 7.05 Å². The van der Waals surface area contributed by atoms with Gasteiger partial charge in [-0.3, -0.25) is 0 Å². The first-order valence-electron chi connectivity index (χ1n) is 7.15. The molecular weight excluding hydrogens is 311 g/mol. The molecule has 3 rings (SSSR count). The zero-order chi connectivity index (χ0) is 16.4. The average Bonchev–Trinajstić information content (AvgIpc) is 2.92. The highest BCUT2D eigenvalue weighted by molar-refractivity contribution is 7.98. The molecule has 5 heteroatoms. The number of ether oxygens (including phenoxy) is 1. The first-order chi connectivity index (χ1) is 11.1. The van der Waals surface area contributed by atoms with Crippen LogP contribution in [0.3, 0.4) is 0 Å². The summed E-state index contributed by atoms with van der Waals surface area (Å²) < 4.78 is 20.5. The fourth-order valence-electron chi connectivity index (χ4n) is 2.55. The Morgan fingerprint density at radius 2 is 1.61 bits per heavy atom. The molecule has 23 heavy (non-hydrogen) atoms. The van der Waals surface area contributed by atoms with Crippen molar-refractivity contribution in [2.75, 3.05) is 13.4 Å². The van der Waals surface area contributed by atoms with E-state index in [1.807, 2.05) is 42.1 Å². The van der Waals surface area contributed by atoms with Crippen LogP contribution in [0.5, 0.6) is 5.75 Å². The third-order valence-electron chi connectivity index (χ3n) is 3.72. The number of hydrogen-bond donors (Lipinski definition) is 0. The minimum Gasteiger partial charge on any atom is -0.497 e. The number of thioether (sulfide) groups is 1. The van der Waals surface area contributed by atoms with Gasteiger partial charge in [0.15, 0.2) is 5.16 Å². The van der Waals surface area contributed by atoms with Crippen LogP contribution in [0.1, 0.15) is 0 Å². The molecule has 3 aromatic rings. The molecule has 2 aromatic carbocycles. The molecule has 0 amide bonds. The van der Waals surface area contributed by atoms with Gasteiger partial charge in [-0.1, -0.05) is 11.8 Å². The van der Waals surface area contributed by atoms with E-state index in [9.17, 15) is 4.39 Å². The summed E-state index contributed by atoms with van der Waals surface area (Å²) in [6.45, 7) is 0. The van der Waals surface area contributed by atoms with Crippen molar-refractivity contribution in [1.82, 2.24) is 9.55 Å². The molecule has 0 aliphatic rings. The van der Waals surface area contributed by atoms with Crippen molar-refractivity contribution in [2.45, 2.75) is 5.16 Å². The zero-order valence-electron chi connectivity index (χ0n) is 13.2. The SMILES string of the molecule is COc1ccc(-c2nc(SC)n(C)c2-c2ccc(F)cc2)cc1. The number of imidazole rings is 1. The minimum atomic E-state index is -0.244. The number of aromatic nitrogens is 2. The van der Waals surface area contributed by atoms with Crippen LogP contribution in [0, 0.1) is 5.82 Å². The molecule has 0 atom stereocenters. The lowest BCUT2D eigenvalue weighted by Gasteiger charge is -2.08. The predicted octanol–water partition coefficient (Wildman–Crippen LogP) is 4.62. The third-order valence-corrected chi connectivity index (χ3v) is 4.45. The Kier molecular flexibility index (Phi) is 4.39. The highest BCUT2D eigenvalue weighted by atomic mass is 32.2. The van der Waals surface area contributed by atoms with E-state index >= 15 is 0 Å². The van der Waals surface area contributed by atoms with Gasteiger partial charge >= 0.3 is 0 Å². The van der Waals surface area contributed by atoms with Gasteiger partial charge in [0.25, 0.3) is 0 Å². The number of halogens is 1. The summed E-state index contributed by atoms with van der Waals surface area (Å²) in [4.78, 5) is 4.74. The average molecular weight is 328 g/mol. The van der Waals surface area contributed by atoms with Crippen LogP contribution in [0.15, 0.2) is 53.7 Å². The topological polar surface area (TPSA) is 27.1 Å². The summed E-state index contributed by atoms with van der Waals surface area (Å²) in [7, 11) is 3.62.